The van der Waals surface area contributed by atoms with Gasteiger partial charge in [-0.15, -0.1) is 0 Å². The molecule has 3 heterocycles. The second kappa shape index (κ2) is 9.18. The Balaban J connectivity index is 1.46. The number of anilines is 1. The van der Waals surface area contributed by atoms with Crippen molar-refractivity contribution in [2.45, 2.75) is 6.42 Å². The molecule has 3 aromatic rings. The summed E-state index contributed by atoms with van der Waals surface area (Å²) in [5, 5.41) is 3.05. The van der Waals surface area contributed by atoms with Crippen molar-refractivity contribution >= 4 is 40.6 Å². The van der Waals surface area contributed by atoms with Crippen LogP contribution < -0.4 is 10.2 Å². The largest absolute Gasteiger partial charge is 0.358 e. The molecular formula is C22H19Cl2FN4O2. The van der Waals surface area contributed by atoms with Gasteiger partial charge < -0.3 is 15.2 Å². The SMILES string of the molecule is O=C(Cc1ccc(N2CCNCC2)nc1)c1cc(C(=O)c2c(Cl)ccc(Cl)c2F)c[nH]1. The number of hydrogen-bond donors (Lipinski definition) is 2. The number of aromatic amines is 1. The fourth-order valence-corrected chi connectivity index (χ4v) is 3.84. The first-order valence-electron chi connectivity index (χ1n) is 9.74. The first-order valence-corrected chi connectivity index (χ1v) is 10.5. The summed E-state index contributed by atoms with van der Waals surface area (Å²) in [4.78, 5) is 34.8. The van der Waals surface area contributed by atoms with Gasteiger partial charge in [0.2, 0.25) is 0 Å². The Bertz CT molecular complexity index is 1130. The van der Waals surface area contributed by atoms with E-state index in [0.29, 0.717) is 0 Å². The zero-order valence-corrected chi connectivity index (χ0v) is 17.9. The second-order valence-electron chi connectivity index (χ2n) is 7.21. The third-order valence-corrected chi connectivity index (χ3v) is 5.74. The lowest BCUT2D eigenvalue weighted by molar-refractivity contribution is 0.0988. The predicted molar refractivity (Wildman–Crippen MR) is 118 cm³/mol. The molecule has 9 heteroatoms. The molecule has 0 atom stereocenters. The summed E-state index contributed by atoms with van der Waals surface area (Å²) in [7, 11) is 0. The van der Waals surface area contributed by atoms with Crippen molar-refractivity contribution in [3.05, 3.63) is 81.0 Å². The van der Waals surface area contributed by atoms with E-state index in [0.717, 1.165) is 37.6 Å². The first kappa shape index (κ1) is 21.5. The maximum Gasteiger partial charge on any atom is 0.199 e. The Hall–Kier alpha value is -2.74. The number of rotatable bonds is 6. The van der Waals surface area contributed by atoms with Gasteiger partial charge in [-0.25, -0.2) is 9.37 Å². The van der Waals surface area contributed by atoms with Crippen LogP contribution in [0, 0.1) is 5.82 Å². The van der Waals surface area contributed by atoms with E-state index < -0.39 is 11.6 Å². The summed E-state index contributed by atoms with van der Waals surface area (Å²) < 4.78 is 14.3. The molecule has 0 bridgehead atoms. The third kappa shape index (κ3) is 4.63. The van der Waals surface area contributed by atoms with Gasteiger partial charge >= 0.3 is 0 Å². The van der Waals surface area contributed by atoms with Gasteiger partial charge in [-0.05, 0) is 29.8 Å². The fraction of sp³-hybridized carbons (Fsp3) is 0.227. The number of piperazine rings is 1. The molecule has 0 amide bonds. The number of ketones is 2. The predicted octanol–water partition coefficient (Wildman–Crippen LogP) is 3.92. The number of nitrogens with zero attached hydrogens (tertiary/aromatic N) is 2. The zero-order chi connectivity index (χ0) is 22.0. The highest BCUT2D eigenvalue weighted by Crippen LogP contribution is 2.28. The molecule has 0 saturated carbocycles. The molecule has 31 heavy (non-hydrogen) atoms. The minimum absolute atomic E-state index is 0.0448. The molecule has 0 unspecified atom stereocenters. The highest BCUT2D eigenvalue weighted by atomic mass is 35.5. The summed E-state index contributed by atoms with van der Waals surface area (Å²) in [6.07, 6.45) is 3.17. The molecule has 1 fully saturated rings. The van der Waals surface area contributed by atoms with Crippen molar-refractivity contribution in [1.29, 1.82) is 0 Å². The number of aromatic nitrogens is 2. The molecule has 160 valence electrons. The highest BCUT2D eigenvalue weighted by Gasteiger charge is 2.22. The molecule has 1 aliphatic heterocycles. The third-order valence-electron chi connectivity index (χ3n) is 5.13. The monoisotopic (exact) mass is 460 g/mol. The Kier molecular flexibility index (Phi) is 6.36. The van der Waals surface area contributed by atoms with Crippen LogP contribution in [-0.4, -0.2) is 47.7 Å². The highest BCUT2D eigenvalue weighted by molar-refractivity contribution is 6.37. The summed E-state index contributed by atoms with van der Waals surface area (Å²) in [6.45, 7) is 3.61. The molecule has 1 saturated heterocycles. The van der Waals surface area contributed by atoms with Crippen molar-refractivity contribution in [1.82, 2.24) is 15.3 Å². The van der Waals surface area contributed by atoms with Crippen LogP contribution in [0.1, 0.15) is 32.0 Å². The smallest absolute Gasteiger partial charge is 0.199 e. The Labute approximate surface area is 188 Å². The lowest BCUT2D eigenvalue weighted by Crippen LogP contribution is -2.43. The quantitative estimate of drug-likeness (QED) is 0.430. The maximum atomic E-state index is 14.3. The van der Waals surface area contributed by atoms with E-state index >= 15 is 0 Å². The van der Waals surface area contributed by atoms with E-state index in [-0.39, 0.29) is 39.1 Å². The summed E-state index contributed by atoms with van der Waals surface area (Å²) >= 11 is 11.7. The number of carbonyl (C=O) groups excluding carboxylic acids is 2. The van der Waals surface area contributed by atoms with Crippen LogP contribution in [0.25, 0.3) is 0 Å². The van der Waals surface area contributed by atoms with Gasteiger partial charge in [0.15, 0.2) is 17.4 Å². The van der Waals surface area contributed by atoms with Crippen molar-refractivity contribution in [2.24, 2.45) is 0 Å². The van der Waals surface area contributed by atoms with Gasteiger partial charge in [0.05, 0.1) is 21.3 Å². The molecule has 0 aliphatic carbocycles. The Morgan fingerprint density at radius 2 is 1.84 bits per heavy atom. The Morgan fingerprint density at radius 1 is 1.10 bits per heavy atom. The topological polar surface area (TPSA) is 78.1 Å². The summed E-state index contributed by atoms with van der Waals surface area (Å²) in [5.41, 5.74) is 0.807. The number of carbonyl (C=O) groups is 2. The Morgan fingerprint density at radius 3 is 2.55 bits per heavy atom. The average Bonchev–Trinajstić information content (AvgIpc) is 3.28. The number of pyridine rings is 1. The van der Waals surface area contributed by atoms with Gasteiger partial charge in [-0.1, -0.05) is 29.3 Å². The van der Waals surface area contributed by atoms with Crippen LogP contribution in [0.5, 0.6) is 0 Å². The van der Waals surface area contributed by atoms with Gasteiger partial charge in [0.25, 0.3) is 0 Å². The van der Waals surface area contributed by atoms with Gasteiger partial charge in [-0.3, -0.25) is 9.59 Å². The molecule has 6 nitrogen and oxygen atoms in total. The molecule has 2 N–H and O–H groups in total. The van der Waals surface area contributed by atoms with Crippen LogP contribution in [0.15, 0.2) is 42.7 Å². The number of Topliss-reactive ketones (excluding diaryl/α,β-unsaturated/α-hetero) is 1. The van der Waals surface area contributed by atoms with E-state index in [9.17, 15) is 14.0 Å². The number of hydrogen-bond acceptors (Lipinski definition) is 5. The zero-order valence-electron chi connectivity index (χ0n) is 16.4. The maximum absolute atomic E-state index is 14.3. The fourth-order valence-electron chi connectivity index (χ4n) is 3.45. The number of nitrogens with one attached hydrogen (secondary N) is 2. The molecular weight excluding hydrogens is 442 g/mol. The molecule has 1 aromatic carbocycles. The molecule has 2 aromatic heterocycles. The van der Waals surface area contributed by atoms with Crippen molar-refractivity contribution in [3.63, 3.8) is 0 Å². The van der Waals surface area contributed by atoms with E-state index in [1.807, 2.05) is 12.1 Å². The average molecular weight is 461 g/mol. The van der Waals surface area contributed by atoms with Crippen molar-refractivity contribution < 1.29 is 14.0 Å². The van der Waals surface area contributed by atoms with Crippen LogP contribution in [0.3, 0.4) is 0 Å². The van der Waals surface area contributed by atoms with E-state index in [4.69, 9.17) is 23.2 Å². The second-order valence-corrected chi connectivity index (χ2v) is 8.03. The number of benzene rings is 1. The minimum atomic E-state index is -0.885. The van der Waals surface area contributed by atoms with Crippen LogP contribution in [-0.2, 0) is 6.42 Å². The van der Waals surface area contributed by atoms with Gasteiger partial charge in [0.1, 0.15) is 5.82 Å². The van der Waals surface area contributed by atoms with Crippen LogP contribution in [0.2, 0.25) is 10.0 Å². The van der Waals surface area contributed by atoms with E-state index in [1.54, 1.807) is 6.20 Å². The van der Waals surface area contributed by atoms with Gasteiger partial charge in [-0.2, -0.15) is 0 Å². The summed E-state index contributed by atoms with van der Waals surface area (Å²) in [6, 6.07) is 7.81. The molecule has 0 spiro atoms. The standard InChI is InChI=1S/C22H19Cl2FN4O2/c23-15-2-3-16(24)21(25)20(15)22(31)14-10-17(27-12-14)18(30)9-13-1-4-19(28-11-13)29-7-5-26-6-8-29/h1-4,10-12,26-27H,5-9H2. The number of H-pyrrole nitrogens is 1. The van der Waals surface area contributed by atoms with E-state index in [2.05, 4.69) is 20.2 Å². The van der Waals surface area contributed by atoms with Crippen LogP contribution >= 0.6 is 23.2 Å². The van der Waals surface area contributed by atoms with Crippen LogP contribution in [0.4, 0.5) is 10.2 Å². The lowest BCUT2D eigenvalue weighted by Gasteiger charge is -2.28. The molecule has 0 radical (unpaired) electrons. The number of halogens is 3. The van der Waals surface area contributed by atoms with Crippen molar-refractivity contribution in [3.8, 4) is 0 Å². The summed E-state index contributed by atoms with van der Waals surface area (Å²) in [5.74, 6) is -0.870. The molecule has 1 aliphatic rings. The molecule has 4 rings (SSSR count). The van der Waals surface area contributed by atoms with E-state index in [1.165, 1.54) is 24.4 Å². The van der Waals surface area contributed by atoms with Gasteiger partial charge in [0, 0.05) is 50.6 Å². The normalized spacial score (nSPS) is 14.0. The lowest BCUT2D eigenvalue weighted by atomic mass is 10.0. The minimum Gasteiger partial charge on any atom is -0.358 e. The van der Waals surface area contributed by atoms with Crippen molar-refractivity contribution in [2.75, 3.05) is 31.1 Å². The first-order chi connectivity index (χ1) is 14.9.